The van der Waals surface area contributed by atoms with E-state index in [1.54, 1.807) is 25.7 Å². The van der Waals surface area contributed by atoms with Gasteiger partial charge in [-0.25, -0.2) is 14.0 Å². The summed E-state index contributed by atoms with van der Waals surface area (Å²) in [6.45, 7) is 13.3. The van der Waals surface area contributed by atoms with Crippen LogP contribution in [-0.2, 0) is 26.0 Å². The number of ether oxygens (including phenoxy) is 1. The normalized spacial score (nSPS) is 25.0. The lowest BCUT2D eigenvalue weighted by molar-refractivity contribution is 0.00578. The van der Waals surface area contributed by atoms with E-state index in [4.69, 9.17) is 25.6 Å². The summed E-state index contributed by atoms with van der Waals surface area (Å²) >= 11 is 6.64. The van der Waals surface area contributed by atoms with Gasteiger partial charge in [0.25, 0.3) is 0 Å². The molecule has 2 aromatic carbocycles. The van der Waals surface area contributed by atoms with E-state index in [2.05, 4.69) is 0 Å². The predicted molar refractivity (Wildman–Crippen MR) is 155 cm³/mol. The molecule has 2 fully saturated rings. The van der Waals surface area contributed by atoms with Crippen molar-refractivity contribution < 1.29 is 33.1 Å². The second-order valence-electron chi connectivity index (χ2n) is 13.1. The van der Waals surface area contributed by atoms with Crippen molar-refractivity contribution >= 4 is 42.1 Å². The molecule has 11 heteroatoms. The van der Waals surface area contributed by atoms with Crippen LogP contribution in [0.25, 0.3) is 0 Å². The lowest BCUT2D eigenvalue weighted by atomic mass is 9.72. The molecule has 2 amide bonds. The Morgan fingerprint density at radius 3 is 2.29 bits per heavy atom. The molecule has 0 unspecified atom stereocenters. The summed E-state index contributed by atoms with van der Waals surface area (Å²) in [5, 5.41) is 10.6. The zero-order chi connectivity index (χ0) is 30.1. The Hall–Kier alpha value is -2.82. The minimum Gasteiger partial charge on any atom is -0.465 e. The van der Waals surface area contributed by atoms with Gasteiger partial charge in [-0.3, -0.25) is 4.90 Å². The van der Waals surface area contributed by atoms with Gasteiger partial charge in [0.1, 0.15) is 17.0 Å². The number of carbonyl (C=O) groups excluding carboxylic acids is 1. The van der Waals surface area contributed by atoms with Crippen LogP contribution in [0.2, 0.25) is 5.02 Å². The number of carbonyl (C=O) groups is 2. The fraction of sp³-hybridized carbons (Fsp3) is 0.533. The van der Waals surface area contributed by atoms with E-state index in [9.17, 15) is 14.7 Å². The van der Waals surface area contributed by atoms with Crippen molar-refractivity contribution in [3.63, 3.8) is 0 Å². The molecule has 3 aliphatic heterocycles. The first kappa shape index (κ1) is 29.7. The van der Waals surface area contributed by atoms with Gasteiger partial charge in [-0.1, -0.05) is 41.9 Å². The minimum absolute atomic E-state index is 0.127. The highest BCUT2D eigenvalue weighted by Gasteiger charge is 2.60. The van der Waals surface area contributed by atoms with Crippen molar-refractivity contribution in [3.05, 3.63) is 58.4 Å². The van der Waals surface area contributed by atoms with Gasteiger partial charge >= 0.3 is 19.3 Å². The molecule has 0 aliphatic carbocycles. The Bertz CT molecular complexity index is 1370. The molecule has 2 saturated heterocycles. The smallest absolute Gasteiger partial charge is 0.465 e. The maximum atomic E-state index is 15.6. The molecule has 5 rings (SSSR count). The summed E-state index contributed by atoms with van der Waals surface area (Å²) in [6, 6.07) is 9.76. The topological polar surface area (TPSA) is 88.5 Å². The van der Waals surface area contributed by atoms with E-state index in [0.29, 0.717) is 30.5 Å². The van der Waals surface area contributed by atoms with E-state index in [-0.39, 0.29) is 22.6 Å². The first-order chi connectivity index (χ1) is 19.0. The van der Waals surface area contributed by atoms with Crippen LogP contribution in [0.15, 0.2) is 36.4 Å². The molecule has 2 aromatic rings. The third-order valence-corrected chi connectivity index (χ3v) is 9.20. The van der Waals surface area contributed by atoms with Crippen LogP contribution in [-0.4, -0.2) is 58.7 Å². The first-order valence-electron chi connectivity index (χ1n) is 13.9. The highest BCUT2D eigenvalue weighted by molar-refractivity contribution is 6.66. The summed E-state index contributed by atoms with van der Waals surface area (Å²) in [7, 11) is -1.02. The predicted octanol–water partition coefficient (Wildman–Crippen LogP) is 6.11. The van der Waals surface area contributed by atoms with Gasteiger partial charge in [-0.2, -0.15) is 0 Å². The van der Waals surface area contributed by atoms with Gasteiger partial charge in [-0.15, -0.1) is 0 Å². The fourth-order valence-corrected chi connectivity index (χ4v) is 6.58. The number of hydrogen-bond acceptors (Lipinski definition) is 5. The molecule has 220 valence electrons. The van der Waals surface area contributed by atoms with Gasteiger partial charge in [0.05, 0.1) is 28.0 Å². The average molecular weight is 587 g/mol. The number of likely N-dealkylation sites (tertiary alicyclic amines) is 1. The molecule has 0 saturated carbocycles. The lowest BCUT2D eigenvalue weighted by Gasteiger charge is -2.45. The summed E-state index contributed by atoms with van der Waals surface area (Å²) in [5.74, 6) is -0.777. The number of fused-ring (bicyclic) bond motifs is 1. The van der Waals surface area contributed by atoms with Crippen molar-refractivity contribution in [2.75, 3.05) is 11.4 Å². The minimum atomic E-state index is -1.29. The molecule has 0 spiro atoms. The Morgan fingerprint density at radius 2 is 1.73 bits per heavy atom. The number of nitrogens with zero attached hydrogens (tertiary/aromatic N) is 2. The molecular formula is C30H37BClFN2O6. The van der Waals surface area contributed by atoms with Gasteiger partial charge in [0.15, 0.2) is 0 Å². The van der Waals surface area contributed by atoms with Gasteiger partial charge in [0, 0.05) is 18.4 Å². The van der Waals surface area contributed by atoms with Gasteiger partial charge in [0.2, 0.25) is 0 Å². The highest BCUT2D eigenvalue weighted by atomic mass is 35.5. The van der Waals surface area contributed by atoms with E-state index in [0.717, 1.165) is 6.07 Å². The van der Waals surface area contributed by atoms with Crippen LogP contribution in [0.3, 0.4) is 0 Å². The summed E-state index contributed by atoms with van der Waals surface area (Å²) in [4.78, 5) is 29.5. The molecular weight excluding hydrogens is 550 g/mol. The number of rotatable bonds is 3. The molecule has 3 heterocycles. The molecule has 41 heavy (non-hydrogen) atoms. The molecule has 3 aliphatic rings. The van der Waals surface area contributed by atoms with Crippen LogP contribution in [0.1, 0.15) is 72.4 Å². The zero-order valence-corrected chi connectivity index (χ0v) is 25.3. The molecule has 8 nitrogen and oxygen atoms in total. The van der Waals surface area contributed by atoms with Crippen LogP contribution in [0.4, 0.5) is 19.7 Å². The van der Waals surface area contributed by atoms with Gasteiger partial charge in [-0.05, 0) is 78.5 Å². The highest BCUT2D eigenvalue weighted by Crippen LogP contribution is 2.52. The fourth-order valence-electron chi connectivity index (χ4n) is 6.32. The third-order valence-electron chi connectivity index (χ3n) is 8.82. The molecule has 0 bridgehead atoms. The van der Waals surface area contributed by atoms with Crippen molar-refractivity contribution in [1.29, 1.82) is 0 Å². The summed E-state index contributed by atoms with van der Waals surface area (Å²) in [6.07, 6.45) is -0.491. The average Bonchev–Trinajstić information content (AvgIpc) is 3.52. The molecule has 1 N–H and O–H groups in total. The van der Waals surface area contributed by atoms with Crippen LogP contribution in [0, 0.1) is 5.82 Å². The van der Waals surface area contributed by atoms with Crippen molar-refractivity contribution in [2.45, 2.75) is 96.1 Å². The Labute approximate surface area is 245 Å². The van der Waals surface area contributed by atoms with Crippen molar-refractivity contribution in [2.24, 2.45) is 0 Å². The van der Waals surface area contributed by atoms with Crippen LogP contribution < -0.4 is 10.4 Å². The number of benzene rings is 2. The Morgan fingerprint density at radius 1 is 1.12 bits per heavy atom. The number of carboxylic acid groups (broad SMARTS) is 1. The summed E-state index contributed by atoms with van der Waals surface area (Å²) < 4.78 is 33.9. The third kappa shape index (κ3) is 4.78. The largest absolute Gasteiger partial charge is 0.496 e. The number of anilines is 1. The van der Waals surface area contributed by atoms with E-state index in [1.165, 1.54) is 4.90 Å². The summed E-state index contributed by atoms with van der Waals surface area (Å²) in [5.41, 5.74) is -1.89. The maximum absolute atomic E-state index is 15.6. The van der Waals surface area contributed by atoms with Crippen LogP contribution >= 0.6 is 11.6 Å². The van der Waals surface area contributed by atoms with E-state index < -0.39 is 53.5 Å². The Balaban J connectivity index is 1.73. The van der Waals surface area contributed by atoms with E-state index in [1.807, 2.05) is 58.0 Å². The second kappa shape index (κ2) is 9.88. The second-order valence-corrected chi connectivity index (χ2v) is 13.5. The SMILES string of the molecule is CC(C)(C)OC(=O)N1CCC[C@H]1[C@@]1(c2ccccc2)Cc2c(cc(F)c(Cl)c2B2OC(C)(C)C(C)(C)O2)N1C(=O)O. The molecule has 0 radical (unpaired) electrons. The number of halogens is 2. The molecule has 2 atom stereocenters. The van der Waals surface area contributed by atoms with Crippen molar-refractivity contribution in [3.8, 4) is 0 Å². The number of hydrogen-bond donors (Lipinski definition) is 1. The molecule has 0 aromatic heterocycles. The van der Waals surface area contributed by atoms with E-state index >= 15 is 4.39 Å². The maximum Gasteiger partial charge on any atom is 0.496 e. The quantitative estimate of drug-likeness (QED) is 0.437. The lowest BCUT2D eigenvalue weighted by Crippen LogP contribution is -2.60. The Kier molecular flexibility index (Phi) is 7.15. The number of amides is 2. The monoisotopic (exact) mass is 586 g/mol. The standard InChI is InChI=1S/C30H37BClFN2O6/c1-27(2,3)39-26(38)34-15-11-14-22(34)30(18-12-9-8-10-13-18)17-19-21(35(30)25(36)37)16-20(33)24(32)23(19)31-40-28(4,5)29(6,7)41-31/h8-10,12-13,16,22H,11,14-15,17H2,1-7H3,(H,36,37)/t22-,30-/m0/s1. The zero-order valence-electron chi connectivity index (χ0n) is 24.6. The van der Waals surface area contributed by atoms with Crippen LogP contribution in [0.5, 0.6) is 0 Å². The van der Waals surface area contributed by atoms with Gasteiger partial charge < -0.3 is 24.1 Å². The first-order valence-corrected chi connectivity index (χ1v) is 14.3. The van der Waals surface area contributed by atoms with Crippen molar-refractivity contribution in [1.82, 2.24) is 4.90 Å².